The highest BCUT2D eigenvalue weighted by atomic mass is 19.1. The Labute approximate surface area is 186 Å². The van der Waals surface area contributed by atoms with Gasteiger partial charge in [0, 0.05) is 55.8 Å². The first-order valence-electron chi connectivity index (χ1n) is 11.0. The molecule has 0 radical (unpaired) electrons. The van der Waals surface area contributed by atoms with Gasteiger partial charge in [0.05, 0.1) is 0 Å². The zero-order valence-electron chi connectivity index (χ0n) is 17.7. The van der Waals surface area contributed by atoms with E-state index in [0.717, 1.165) is 25.1 Å². The van der Waals surface area contributed by atoms with Gasteiger partial charge in [0.25, 0.3) is 5.91 Å². The van der Waals surface area contributed by atoms with Crippen molar-refractivity contribution in [2.24, 2.45) is 5.92 Å². The van der Waals surface area contributed by atoms with E-state index in [-0.39, 0.29) is 35.4 Å². The normalized spacial score (nSPS) is 23.2. The number of nitrogens with zero attached hydrogens (tertiary/aromatic N) is 3. The van der Waals surface area contributed by atoms with E-state index in [9.17, 15) is 13.6 Å². The van der Waals surface area contributed by atoms with E-state index < -0.39 is 0 Å². The number of likely N-dealkylation sites (tertiary alicyclic amines) is 2. The summed E-state index contributed by atoms with van der Waals surface area (Å²) in [6, 6.07) is 18.9. The molecule has 32 heavy (non-hydrogen) atoms. The van der Waals surface area contributed by atoms with Crippen LogP contribution in [0.2, 0.25) is 0 Å². The van der Waals surface area contributed by atoms with Gasteiger partial charge in [-0.3, -0.25) is 14.7 Å². The first-order valence-corrected chi connectivity index (χ1v) is 11.0. The van der Waals surface area contributed by atoms with Crippen LogP contribution in [0.15, 0.2) is 72.9 Å². The minimum Gasteiger partial charge on any atom is -0.333 e. The van der Waals surface area contributed by atoms with Crippen LogP contribution < -0.4 is 0 Å². The predicted molar refractivity (Wildman–Crippen MR) is 118 cm³/mol. The highest BCUT2D eigenvalue weighted by Crippen LogP contribution is 2.42. The van der Waals surface area contributed by atoms with Crippen LogP contribution >= 0.6 is 0 Å². The minimum absolute atomic E-state index is 0.0623. The highest BCUT2D eigenvalue weighted by molar-refractivity contribution is 5.92. The lowest BCUT2D eigenvalue weighted by Gasteiger charge is -2.39. The lowest BCUT2D eigenvalue weighted by molar-refractivity contribution is 0.0607. The van der Waals surface area contributed by atoms with Crippen LogP contribution in [0.1, 0.15) is 34.0 Å². The fraction of sp³-hybridized carbons (Fsp3) is 0.308. The molecule has 0 saturated carbocycles. The number of amides is 1. The zero-order valence-corrected chi connectivity index (χ0v) is 17.7. The van der Waals surface area contributed by atoms with Crippen LogP contribution in [0.4, 0.5) is 8.78 Å². The standard InChI is InChI=1S/C26H25F2N3O/c27-20-10-8-18(9-11-20)21-17-31(26(32)24-7-3-4-13-29-24)25-12-14-30(16-22(21)25)15-19-5-1-2-6-23(19)28/h1-11,13,21-22,25H,12,14-17H2/t21-,22-,25-/m1/s1. The number of piperidine rings is 1. The Balaban J connectivity index is 1.42. The van der Waals surface area contributed by atoms with Crippen LogP contribution in [0.3, 0.4) is 0 Å². The second kappa shape index (κ2) is 8.79. The molecule has 4 nitrogen and oxygen atoms in total. The SMILES string of the molecule is O=C(c1ccccn1)N1C[C@H](c2ccc(F)cc2)[C@H]2CN(Cc3ccccc3F)CC[C@H]21. The Morgan fingerprint density at radius 1 is 0.969 bits per heavy atom. The van der Waals surface area contributed by atoms with Crippen LogP contribution in [0.5, 0.6) is 0 Å². The molecule has 0 N–H and O–H groups in total. The van der Waals surface area contributed by atoms with Gasteiger partial charge in [-0.25, -0.2) is 8.78 Å². The molecule has 3 heterocycles. The van der Waals surface area contributed by atoms with Crippen molar-refractivity contribution in [1.29, 1.82) is 0 Å². The molecule has 2 aromatic carbocycles. The van der Waals surface area contributed by atoms with Gasteiger partial charge in [0.1, 0.15) is 17.3 Å². The number of hydrogen-bond acceptors (Lipinski definition) is 3. The molecule has 0 aliphatic carbocycles. The molecule has 0 unspecified atom stereocenters. The Hall–Kier alpha value is -3.12. The summed E-state index contributed by atoms with van der Waals surface area (Å²) in [5, 5.41) is 0. The molecule has 3 aromatic rings. The molecule has 2 saturated heterocycles. The number of hydrogen-bond donors (Lipinski definition) is 0. The summed E-state index contributed by atoms with van der Waals surface area (Å²) >= 11 is 0. The van der Waals surface area contributed by atoms with E-state index in [2.05, 4.69) is 9.88 Å². The lowest BCUT2D eigenvalue weighted by Crippen LogP contribution is -2.47. The molecule has 2 aliphatic heterocycles. The molecule has 3 atom stereocenters. The molecule has 1 aromatic heterocycles. The first kappa shape index (κ1) is 20.8. The molecular formula is C26H25F2N3O. The third-order valence-corrected chi connectivity index (χ3v) is 6.81. The molecule has 6 heteroatoms. The van der Waals surface area contributed by atoms with E-state index in [0.29, 0.717) is 24.3 Å². The summed E-state index contributed by atoms with van der Waals surface area (Å²) < 4.78 is 27.8. The van der Waals surface area contributed by atoms with Gasteiger partial charge >= 0.3 is 0 Å². The van der Waals surface area contributed by atoms with Crippen molar-refractivity contribution in [2.75, 3.05) is 19.6 Å². The van der Waals surface area contributed by atoms with Crippen molar-refractivity contribution < 1.29 is 13.6 Å². The maximum absolute atomic E-state index is 14.2. The number of carbonyl (C=O) groups is 1. The largest absolute Gasteiger partial charge is 0.333 e. The smallest absolute Gasteiger partial charge is 0.272 e. The average molecular weight is 434 g/mol. The quantitative estimate of drug-likeness (QED) is 0.608. The second-order valence-corrected chi connectivity index (χ2v) is 8.68. The van der Waals surface area contributed by atoms with Gasteiger partial charge in [-0.05, 0) is 42.3 Å². The maximum Gasteiger partial charge on any atom is 0.272 e. The summed E-state index contributed by atoms with van der Waals surface area (Å²) in [6.45, 7) is 2.66. The molecule has 2 aliphatic rings. The van der Waals surface area contributed by atoms with E-state index in [1.807, 2.05) is 35.2 Å². The molecule has 0 spiro atoms. The third-order valence-electron chi connectivity index (χ3n) is 6.81. The Bertz CT molecular complexity index is 1090. The van der Waals surface area contributed by atoms with Gasteiger partial charge in [-0.2, -0.15) is 0 Å². The molecule has 5 rings (SSSR count). The monoisotopic (exact) mass is 433 g/mol. The lowest BCUT2D eigenvalue weighted by atomic mass is 9.81. The van der Waals surface area contributed by atoms with Crippen LogP contribution in [-0.2, 0) is 6.54 Å². The summed E-state index contributed by atoms with van der Waals surface area (Å²) in [5.41, 5.74) is 2.16. The third kappa shape index (κ3) is 4.02. The van der Waals surface area contributed by atoms with Gasteiger partial charge in [-0.1, -0.05) is 36.4 Å². The number of benzene rings is 2. The zero-order chi connectivity index (χ0) is 22.1. The average Bonchev–Trinajstić information content (AvgIpc) is 3.20. The molecule has 0 bridgehead atoms. The van der Waals surface area contributed by atoms with E-state index in [1.54, 1.807) is 24.4 Å². The van der Waals surface area contributed by atoms with Gasteiger partial charge in [-0.15, -0.1) is 0 Å². The van der Waals surface area contributed by atoms with E-state index >= 15 is 0 Å². The number of halogens is 2. The number of aromatic nitrogens is 1. The number of rotatable bonds is 4. The van der Waals surface area contributed by atoms with Crippen LogP contribution in [0.25, 0.3) is 0 Å². The predicted octanol–water partition coefficient (Wildman–Crippen LogP) is 4.49. The number of carbonyl (C=O) groups excluding carboxylic acids is 1. The van der Waals surface area contributed by atoms with Crippen molar-refractivity contribution in [3.8, 4) is 0 Å². The van der Waals surface area contributed by atoms with E-state index in [1.165, 1.54) is 18.2 Å². The van der Waals surface area contributed by atoms with Crippen molar-refractivity contribution >= 4 is 5.91 Å². The van der Waals surface area contributed by atoms with Gasteiger partial charge in [0.15, 0.2) is 0 Å². The highest BCUT2D eigenvalue weighted by Gasteiger charge is 2.47. The fourth-order valence-corrected chi connectivity index (χ4v) is 5.25. The summed E-state index contributed by atoms with van der Waals surface area (Å²) in [6.07, 6.45) is 2.45. The van der Waals surface area contributed by atoms with E-state index in [4.69, 9.17) is 0 Å². The fourth-order valence-electron chi connectivity index (χ4n) is 5.25. The van der Waals surface area contributed by atoms with Crippen molar-refractivity contribution in [3.05, 3.63) is 101 Å². The molecular weight excluding hydrogens is 408 g/mol. The second-order valence-electron chi connectivity index (χ2n) is 8.68. The van der Waals surface area contributed by atoms with Crippen molar-refractivity contribution in [2.45, 2.75) is 24.9 Å². The van der Waals surface area contributed by atoms with Crippen molar-refractivity contribution in [1.82, 2.24) is 14.8 Å². The summed E-state index contributed by atoms with van der Waals surface area (Å²) in [5.74, 6) is -0.240. The maximum atomic E-state index is 14.2. The Morgan fingerprint density at radius 3 is 2.50 bits per heavy atom. The Kier molecular flexibility index (Phi) is 5.70. The van der Waals surface area contributed by atoms with Crippen LogP contribution in [0, 0.1) is 17.6 Å². The number of fused-ring (bicyclic) bond motifs is 1. The molecule has 2 fully saturated rings. The van der Waals surface area contributed by atoms with Crippen molar-refractivity contribution in [3.63, 3.8) is 0 Å². The first-order chi connectivity index (χ1) is 15.6. The van der Waals surface area contributed by atoms with Gasteiger partial charge in [0.2, 0.25) is 0 Å². The topological polar surface area (TPSA) is 36.4 Å². The number of pyridine rings is 1. The minimum atomic E-state index is -0.269. The molecule has 1 amide bonds. The Morgan fingerprint density at radius 2 is 1.75 bits per heavy atom. The van der Waals surface area contributed by atoms with Crippen LogP contribution in [-0.4, -0.2) is 46.4 Å². The summed E-state index contributed by atoms with van der Waals surface area (Å²) in [4.78, 5) is 21.8. The molecule has 164 valence electrons. The van der Waals surface area contributed by atoms with Gasteiger partial charge < -0.3 is 4.90 Å². The summed E-state index contributed by atoms with van der Waals surface area (Å²) in [7, 11) is 0.